The monoisotopic (exact) mass is 416 g/mol. The molecule has 0 saturated carbocycles. The highest BCUT2D eigenvalue weighted by Gasteiger charge is 2.13. The number of aromatic nitrogens is 5. The second-order valence-electron chi connectivity index (χ2n) is 5.63. The van der Waals surface area contributed by atoms with Gasteiger partial charge in [0.15, 0.2) is 5.13 Å². The summed E-state index contributed by atoms with van der Waals surface area (Å²) < 4.78 is 2.58. The third kappa shape index (κ3) is 3.95. The van der Waals surface area contributed by atoms with Crippen molar-refractivity contribution in [2.45, 2.75) is 12.1 Å². The summed E-state index contributed by atoms with van der Waals surface area (Å²) in [4.78, 5) is 16.7. The number of nitrogens with one attached hydrogen (secondary N) is 1. The molecule has 1 amide bonds. The fraction of sp³-hybridized carbons (Fsp3) is 0.118. The third-order valence-corrected chi connectivity index (χ3v) is 5.99. The van der Waals surface area contributed by atoms with Crippen LogP contribution in [0.2, 0.25) is 5.02 Å². The smallest absolute Gasteiger partial charge is 0.236 e. The number of para-hydroxylation sites is 1. The van der Waals surface area contributed by atoms with Crippen LogP contribution >= 0.6 is 34.7 Å². The number of hydrogen-bond acceptors (Lipinski definition) is 7. The van der Waals surface area contributed by atoms with Crippen LogP contribution in [0, 0.1) is 6.92 Å². The lowest BCUT2D eigenvalue weighted by atomic mass is 10.2. The van der Waals surface area contributed by atoms with Crippen LogP contribution in [0.4, 0.5) is 5.13 Å². The summed E-state index contributed by atoms with van der Waals surface area (Å²) in [5.41, 5.74) is 2.58. The van der Waals surface area contributed by atoms with Gasteiger partial charge < -0.3 is 5.32 Å². The van der Waals surface area contributed by atoms with E-state index >= 15 is 0 Å². The topological polar surface area (TPSA) is 85.6 Å². The lowest BCUT2D eigenvalue weighted by Crippen LogP contribution is -2.14. The number of nitrogens with zero attached hydrogens (tertiary/aromatic N) is 5. The number of halogens is 1. The SMILES string of the molecule is Cc1ccc(-n2nnnc2SCC(=O)Nc2nc3ccccc3s2)cc1Cl. The quantitative estimate of drug-likeness (QED) is 0.495. The van der Waals surface area contributed by atoms with Crippen molar-refractivity contribution in [1.82, 2.24) is 25.2 Å². The van der Waals surface area contributed by atoms with Crippen LogP contribution in [0.15, 0.2) is 47.6 Å². The number of carbonyl (C=O) groups is 1. The highest BCUT2D eigenvalue weighted by Crippen LogP contribution is 2.26. The van der Waals surface area contributed by atoms with Gasteiger partial charge in [-0.3, -0.25) is 4.79 Å². The van der Waals surface area contributed by atoms with Crippen molar-refractivity contribution in [2.24, 2.45) is 0 Å². The average Bonchev–Trinajstić information content (AvgIpc) is 3.28. The second kappa shape index (κ2) is 7.63. The van der Waals surface area contributed by atoms with E-state index in [1.54, 1.807) is 10.7 Å². The second-order valence-corrected chi connectivity index (χ2v) is 8.01. The molecule has 0 aliphatic carbocycles. The van der Waals surface area contributed by atoms with Gasteiger partial charge >= 0.3 is 0 Å². The lowest BCUT2D eigenvalue weighted by Gasteiger charge is -2.06. The Morgan fingerprint density at radius 2 is 2.15 bits per heavy atom. The molecule has 2 aromatic carbocycles. The summed E-state index contributed by atoms with van der Waals surface area (Å²) in [6, 6.07) is 13.3. The Labute approximate surface area is 167 Å². The maximum Gasteiger partial charge on any atom is 0.236 e. The number of amides is 1. The van der Waals surface area contributed by atoms with Gasteiger partial charge in [-0.15, -0.1) is 5.10 Å². The molecule has 2 heterocycles. The Bertz CT molecular complexity index is 1090. The van der Waals surface area contributed by atoms with E-state index in [1.165, 1.54) is 23.1 Å². The Morgan fingerprint density at radius 3 is 2.96 bits per heavy atom. The predicted octanol–water partition coefficient (Wildman–Crippen LogP) is 3.96. The molecule has 0 fully saturated rings. The van der Waals surface area contributed by atoms with Gasteiger partial charge in [-0.25, -0.2) is 4.98 Å². The average molecular weight is 417 g/mol. The number of aryl methyl sites for hydroxylation is 1. The molecule has 0 radical (unpaired) electrons. The van der Waals surface area contributed by atoms with Crippen molar-refractivity contribution in [3.05, 3.63) is 53.1 Å². The molecule has 0 unspecified atom stereocenters. The Kier molecular flexibility index (Phi) is 5.06. The van der Waals surface area contributed by atoms with Gasteiger partial charge in [0.05, 0.1) is 21.7 Å². The number of fused-ring (bicyclic) bond motifs is 1. The van der Waals surface area contributed by atoms with Crippen molar-refractivity contribution >= 4 is 56.0 Å². The zero-order valence-corrected chi connectivity index (χ0v) is 16.5. The molecule has 10 heteroatoms. The standard InChI is InChI=1S/C17H13ClN6OS2/c1-10-6-7-11(8-12(10)18)24-17(21-22-23-24)26-9-15(25)20-16-19-13-4-2-3-5-14(13)27-16/h2-8H,9H2,1H3,(H,19,20,25). The lowest BCUT2D eigenvalue weighted by molar-refractivity contribution is -0.113. The molecule has 0 aliphatic heterocycles. The number of tetrazole rings is 1. The van der Waals surface area contributed by atoms with Crippen LogP contribution in [0.3, 0.4) is 0 Å². The van der Waals surface area contributed by atoms with E-state index in [0.717, 1.165) is 21.5 Å². The molecule has 27 heavy (non-hydrogen) atoms. The van der Waals surface area contributed by atoms with Gasteiger partial charge in [-0.2, -0.15) is 4.68 Å². The minimum Gasteiger partial charge on any atom is -0.301 e. The minimum absolute atomic E-state index is 0.163. The van der Waals surface area contributed by atoms with E-state index in [0.29, 0.717) is 15.3 Å². The van der Waals surface area contributed by atoms with Gasteiger partial charge in [-0.05, 0) is 47.2 Å². The van der Waals surface area contributed by atoms with E-state index in [9.17, 15) is 4.79 Å². The molecule has 136 valence electrons. The molecule has 1 N–H and O–H groups in total. The Morgan fingerprint density at radius 1 is 1.30 bits per heavy atom. The Hall–Kier alpha value is -2.49. The maximum atomic E-state index is 12.3. The van der Waals surface area contributed by atoms with Gasteiger partial charge in [0.1, 0.15) is 0 Å². The van der Waals surface area contributed by atoms with Crippen molar-refractivity contribution in [1.29, 1.82) is 0 Å². The van der Waals surface area contributed by atoms with E-state index in [1.807, 2.05) is 43.3 Å². The van der Waals surface area contributed by atoms with Gasteiger partial charge in [0, 0.05) is 5.02 Å². The number of benzene rings is 2. The molecule has 7 nitrogen and oxygen atoms in total. The number of thioether (sulfide) groups is 1. The summed E-state index contributed by atoms with van der Waals surface area (Å²) in [6.45, 7) is 1.92. The molecule has 0 spiro atoms. The van der Waals surface area contributed by atoms with Crippen LogP contribution in [0.1, 0.15) is 5.56 Å². The van der Waals surface area contributed by atoms with Crippen molar-refractivity contribution in [3.8, 4) is 5.69 Å². The van der Waals surface area contributed by atoms with Crippen LogP contribution in [-0.4, -0.2) is 36.9 Å². The van der Waals surface area contributed by atoms with E-state index < -0.39 is 0 Å². The molecule has 2 aromatic heterocycles. The number of thiazole rings is 1. The predicted molar refractivity (Wildman–Crippen MR) is 108 cm³/mol. The van der Waals surface area contributed by atoms with Crippen LogP contribution < -0.4 is 5.32 Å². The summed E-state index contributed by atoms with van der Waals surface area (Å²) in [7, 11) is 0. The molecule has 0 saturated heterocycles. The molecular formula is C17H13ClN6OS2. The normalized spacial score (nSPS) is 11.0. The summed E-state index contributed by atoms with van der Waals surface area (Å²) >= 11 is 8.86. The first kappa shape index (κ1) is 17.9. The van der Waals surface area contributed by atoms with E-state index in [-0.39, 0.29) is 11.7 Å². The number of carbonyl (C=O) groups excluding carboxylic acids is 1. The number of rotatable bonds is 5. The minimum atomic E-state index is -0.171. The fourth-order valence-corrected chi connectivity index (χ4v) is 4.10. The maximum absolute atomic E-state index is 12.3. The zero-order chi connectivity index (χ0) is 18.8. The van der Waals surface area contributed by atoms with Crippen molar-refractivity contribution in [3.63, 3.8) is 0 Å². The van der Waals surface area contributed by atoms with E-state index in [4.69, 9.17) is 11.6 Å². The van der Waals surface area contributed by atoms with Crippen molar-refractivity contribution < 1.29 is 4.79 Å². The van der Waals surface area contributed by atoms with Gasteiger partial charge in [-0.1, -0.05) is 52.9 Å². The molecular weight excluding hydrogens is 404 g/mol. The van der Waals surface area contributed by atoms with Gasteiger partial charge in [0.25, 0.3) is 0 Å². The number of anilines is 1. The number of hydrogen-bond donors (Lipinski definition) is 1. The van der Waals surface area contributed by atoms with Crippen LogP contribution in [0.25, 0.3) is 15.9 Å². The molecule has 4 rings (SSSR count). The van der Waals surface area contributed by atoms with Gasteiger partial charge in [0.2, 0.25) is 11.1 Å². The molecule has 4 aromatic rings. The molecule has 0 bridgehead atoms. The molecule has 0 atom stereocenters. The molecule has 0 aliphatic rings. The largest absolute Gasteiger partial charge is 0.301 e. The third-order valence-electron chi connectivity index (χ3n) is 3.71. The first-order chi connectivity index (χ1) is 13.1. The summed E-state index contributed by atoms with van der Waals surface area (Å²) in [5.74, 6) is -0.00820. The summed E-state index contributed by atoms with van der Waals surface area (Å²) in [6.07, 6.45) is 0. The highest BCUT2D eigenvalue weighted by molar-refractivity contribution is 7.99. The first-order valence-electron chi connectivity index (χ1n) is 7.93. The van der Waals surface area contributed by atoms with Crippen molar-refractivity contribution in [2.75, 3.05) is 11.1 Å². The van der Waals surface area contributed by atoms with E-state index in [2.05, 4.69) is 25.8 Å². The fourth-order valence-electron chi connectivity index (χ4n) is 2.36. The first-order valence-corrected chi connectivity index (χ1v) is 10.1. The van der Waals surface area contributed by atoms with Crippen LogP contribution in [0.5, 0.6) is 0 Å². The Balaban J connectivity index is 1.43. The summed E-state index contributed by atoms with van der Waals surface area (Å²) in [5, 5.41) is 16.2. The zero-order valence-electron chi connectivity index (χ0n) is 14.1. The highest BCUT2D eigenvalue weighted by atomic mass is 35.5. The van der Waals surface area contributed by atoms with Crippen LogP contribution in [-0.2, 0) is 4.79 Å².